The molecule has 3 heterocycles. The van der Waals surface area contributed by atoms with Gasteiger partial charge in [-0.2, -0.15) is 13.2 Å². The number of hydrogen-bond acceptors (Lipinski definition) is 3. The fourth-order valence-corrected chi connectivity index (χ4v) is 3.42. The van der Waals surface area contributed by atoms with E-state index >= 15 is 0 Å². The summed E-state index contributed by atoms with van der Waals surface area (Å²) >= 11 is 0. The number of pyridine rings is 1. The Morgan fingerprint density at radius 2 is 1.93 bits per heavy atom. The van der Waals surface area contributed by atoms with Gasteiger partial charge in [0.25, 0.3) is 0 Å². The van der Waals surface area contributed by atoms with Gasteiger partial charge in [0.05, 0.1) is 24.0 Å². The summed E-state index contributed by atoms with van der Waals surface area (Å²) in [4.78, 5) is 20.6. The van der Waals surface area contributed by atoms with Crippen molar-refractivity contribution in [3.8, 4) is 16.9 Å². The molecule has 0 aliphatic heterocycles. The SMILES string of the molecule is Cc1nccn1-c1ccn2c(-c3cccc(CC(=O)CCC(F)(F)F)c3)cnc2c1. The van der Waals surface area contributed by atoms with Crippen LogP contribution in [0.5, 0.6) is 0 Å². The number of benzene rings is 1. The third kappa shape index (κ3) is 4.27. The van der Waals surface area contributed by atoms with Crippen molar-refractivity contribution in [3.63, 3.8) is 0 Å². The van der Waals surface area contributed by atoms with Crippen LogP contribution >= 0.6 is 0 Å². The zero-order valence-corrected chi connectivity index (χ0v) is 16.2. The lowest BCUT2D eigenvalue weighted by Crippen LogP contribution is -2.12. The molecule has 0 saturated carbocycles. The Labute approximate surface area is 170 Å². The predicted molar refractivity (Wildman–Crippen MR) is 106 cm³/mol. The fourth-order valence-electron chi connectivity index (χ4n) is 3.42. The van der Waals surface area contributed by atoms with Gasteiger partial charge >= 0.3 is 6.18 Å². The van der Waals surface area contributed by atoms with E-state index in [-0.39, 0.29) is 6.42 Å². The number of fused-ring (bicyclic) bond motifs is 1. The molecule has 0 saturated heterocycles. The second-order valence-corrected chi connectivity index (χ2v) is 7.13. The van der Waals surface area contributed by atoms with Crippen LogP contribution in [0, 0.1) is 6.92 Å². The molecule has 0 aliphatic carbocycles. The fraction of sp³-hybridized carbons (Fsp3) is 0.227. The van der Waals surface area contributed by atoms with E-state index in [1.165, 1.54) is 0 Å². The number of carbonyl (C=O) groups excluding carboxylic acids is 1. The summed E-state index contributed by atoms with van der Waals surface area (Å²) in [5.74, 6) is 0.442. The maximum Gasteiger partial charge on any atom is 0.389 e. The molecule has 0 radical (unpaired) electrons. The van der Waals surface area contributed by atoms with Crippen molar-refractivity contribution in [1.29, 1.82) is 0 Å². The molecule has 0 spiro atoms. The molecule has 0 bridgehead atoms. The monoisotopic (exact) mass is 412 g/mol. The van der Waals surface area contributed by atoms with E-state index in [0.29, 0.717) is 5.56 Å². The third-order valence-electron chi connectivity index (χ3n) is 4.91. The van der Waals surface area contributed by atoms with Gasteiger partial charge in [0.1, 0.15) is 17.3 Å². The number of imidazole rings is 2. The zero-order valence-electron chi connectivity index (χ0n) is 16.2. The second kappa shape index (κ2) is 7.78. The van der Waals surface area contributed by atoms with Crippen LogP contribution in [0.4, 0.5) is 13.2 Å². The number of aryl methyl sites for hydroxylation is 1. The predicted octanol–water partition coefficient (Wildman–Crippen LogP) is 4.95. The molecule has 0 N–H and O–H groups in total. The molecule has 4 aromatic rings. The molecule has 154 valence electrons. The molecule has 0 fully saturated rings. The highest BCUT2D eigenvalue weighted by Crippen LogP contribution is 2.25. The Morgan fingerprint density at radius 1 is 1.10 bits per heavy atom. The van der Waals surface area contributed by atoms with Crippen molar-refractivity contribution in [2.45, 2.75) is 32.4 Å². The number of aromatic nitrogens is 4. The minimum atomic E-state index is -4.32. The van der Waals surface area contributed by atoms with Crippen LogP contribution in [-0.2, 0) is 11.2 Å². The summed E-state index contributed by atoms with van der Waals surface area (Å²) in [6, 6.07) is 11.2. The number of alkyl halides is 3. The van der Waals surface area contributed by atoms with Gasteiger partial charge in [0.15, 0.2) is 0 Å². The quantitative estimate of drug-likeness (QED) is 0.450. The first-order valence-corrected chi connectivity index (χ1v) is 9.45. The third-order valence-corrected chi connectivity index (χ3v) is 4.91. The summed E-state index contributed by atoms with van der Waals surface area (Å²) in [6.45, 7) is 1.92. The smallest absolute Gasteiger partial charge is 0.304 e. The molecule has 8 heteroatoms. The van der Waals surface area contributed by atoms with Gasteiger partial charge in [-0.15, -0.1) is 0 Å². The van der Waals surface area contributed by atoms with E-state index in [1.54, 1.807) is 24.5 Å². The lowest BCUT2D eigenvalue weighted by molar-refractivity contribution is -0.143. The summed E-state index contributed by atoms with van der Waals surface area (Å²) in [6.07, 6.45) is 1.34. The zero-order chi connectivity index (χ0) is 21.3. The van der Waals surface area contributed by atoms with Crippen LogP contribution in [0.1, 0.15) is 24.2 Å². The van der Waals surface area contributed by atoms with Crippen LogP contribution in [-0.4, -0.2) is 30.9 Å². The van der Waals surface area contributed by atoms with Crippen molar-refractivity contribution in [2.24, 2.45) is 0 Å². The highest BCUT2D eigenvalue weighted by Gasteiger charge is 2.27. The maximum absolute atomic E-state index is 12.3. The average molecular weight is 412 g/mol. The van der Waals surface area contributed by atoms with Gasteiger partial charge in [0, 0.05) is 43.1 Å². The first kappa shape index (κ1) is 19.9. The number of Topliss-reactive ketones (excluding diaryl/α,β-unsaturated/α-hetero) is 1. The van der Waals surface area contributed by atoms with Crippen molar-refractivity contribution in [1.82, 2.24) is 18.9 Å². The van der Waals surface area contributed by atoms with Crippen LogP contribution < -0.4 is 0 Å². The minimum absolute atomic E-state index is 0.0231. The average Bonchev–Trinajstić information content (AvgIpc) is 3.31. The van der Waals surface area contributed by atoms with Crippen LogP contribution in [0.2, 0.25) is 0 Å². The van der Waals surface area contributed by atoms with E-state index in [4.69, 9.17) is 0 Å². The molecule has 5 nitrogen and oxygen atoms in total. The van der Waals surface area contributed by atoms with Gasteiger partial charge in [0.2, 0.25) is 0 Å². The van der Waals surface area contributed by atoms with Gasteiger partial charge in [-0.3, -0.25) is 9.20 Å². The first-order chi connectivity index (χ1) is 14.3. The van der Waals surface area contributed by atoms with Gasteiger partial charge in [-0.1, -0.05) is 18.2 Å². The molecular weight excluding hydrogens is 393 g/mol. The van der Waals surface area contributed by atoms with Crippen LogP contribution in [0.25, 0.3) is 22.6 Å². The molecule has 3 aromatic heterocycles. The molecule has 4 rings (SSSR count). The van der Waals surface area contributed by atoms with Crippen molar-refractivity contribution < 1.29 is 18.0 Å². The standard InChI is InChI=1S/C22H19F3N4O/c1-15-26-8-10-28(15)18-6-9-29-20(14-27-21(29)13-18)17-4-2-3-16(11-17)12-19(30)5-7-22(23,24)25/h2-4,6,8-11,13-14H,5,7,12H2,1H3. The number of nitrogens with zero attached hydrogens (tertiary/aromatic N) is 4. The molecular formula is C22H19F3N4O. The number of halogens is 3. The van der Waals surface area contributed by atoms with E-state index in [0.717, 1.165) is 28.4 Å². The number of carbonyl (C=O) groups is 1. The van der Waals surface area contributed by atoms with Gasteiger partial charge < -0.3 is 4.57 Å². The topological polar surface area (TPSA) is 52.2 Å². The van der Waals surface area contributed by atoms with Crippen LogP contribution in [0.3, 0.4) is 0 Å². The lowest BCUT2D eigenvalue weighted by atomic mass is 10.0. The molecule has 0 aliphatic rings. The highest BCUT2D eigenvalue weighted by atomic mass is 19.4. The Bertz CT molecular complexity index is 1210. The van der Waals surface area contributed by atoms with Crippen molar-refractivity contribution in [2.75, 3.05) is 0 Å². The van der Waals surface area contributed by atoms with E-state index in [1.807, 2.05) is 52.6 Å². The minimum Gasteiger partial charge on any atom is -0.304 e. The lowest BCUT2D eigenvalue weighted by Gasteiger charge is -2.08. The highest BCUT2D eigenvalue weighted by molar-refractivity contribution is 5.81. The van der Waals surface area contributed by atoms with E-state index < -0.39 is 24.8 Å². The normalized spacial score (nSPS) is 11.9. The van der Waals surface area contributed by atoms with Crippen molar-refractivity contribution >= 4 is 11.4 Å². The second-order valence-electron chi connectivity index (χ2n) is 7.13. The Balaban J connectivity index is 1.58. The van der Waals surface area contributed by atoms with Gasteiger partial charge in [-0.05, 0) is 24.6 Å². The maximum atomic E-state index is 12.3. The van der Waals surface area contributed by atoms with Crippen LogP contribution in [0.15, 0.2) is 61.2 Å². The Morgan fingerprint density at radius 3 is 2.67 bits per heavy atom. The molecule has 30 heavy (non-hydrogen) atoms. The summed E-state index contributed by atoms with van der Waals surface area (Å²) in [5, 5.41) is 0. The largest absolute Gasteiger partial charge is 0.389 e. The van der Waals surface area contributed by atoms with E-state index in [2.05, 4.69) is 9.97 Å². The summed E-state index contributed by atoms with van der Waals surface area (Å²) in [5.41, 5.74) is 4.06. The summed E-state index contributed by atoms with van der Waals surface area (Å²) < 4.78 is 40.9. The first-order valence-electron chi connectivity index (χ1n) is 9.45. The molecule has 1 aromatic carbocycles. The number of ketones is 1. The molecule has 0 atom stereocenters. The van der Waals surface area contributed by atoms with E-state index in [9.17, 15) is 18.0 Å². The number of hydrogen-bond donors (Lipinski definition) is 0. The van der Waals surface area contributed by atoms with Gasteiger partial charge in [-0.25, -0.2) is 9.97 Å². The Hall–Kier alpha value is -3.42. The molecule has 0 amide bonds. The summed E-state index contributed by atoms with van der Waals surface area (Å²) in [7, 11) is 0. The molecule has 0 unspecified atom stereocenters. The Kier molecular flexibility index (Phi) is 5.15. The number of rotatable bonds is 6. The van der Waals surface area contributed by atoms with Crippen molar-refractivity contribution in [3.05, 3.63) is 72.6 Å².